The molecule has 7 heteroatoms. The molecule has 19 heavy (non-hydrogen) atoms. The molecule has 1 unspecified atom stereocenters. The molecule has 2 rings (SSSR count). The van der Waals surface area contributed by atoms with E-state index in [0.717, 1.165) is 0 Å². The predicted molar refractivity (Wildman–Crippen MR) is 71.3 cm³/mol. The van der Waals surface area contributed by atoms with E-state index in [1.807, 2.05) is 0 Å². The molecule has 1 atom stereocenters. The molecule has 0 spiro atoms. The Hall–Kier alpha value is -1.47. The number of hydrogen-bond donors (Lipinski definition) is 1. The highest BCUT2D eigenvalue weighted by Crippen LogP contribution is 2.15. The number of nitrogens with zero attached hydrogens (tertiary/aromatic N) is 2. The number of pyridine rings is 1. The van der Waals surface area contributed by atoms with Gasteiger partial charge in [-0.25, -0.2) is 8.42 Å². The zero-order valence-corrected chi connectivity index (χ0v) is 11.6. The van der Waals surface area contributed by atoms with Crippen LogP contribution in [0, 0.1) is 0 Å². The fraction of sp³-hybridized carbons (Fsp3) is 0.500. The SMILES string of the molecule is CC1CS(=O)(=O)CCN1C(=O)c1ccnc(CN)c1. The van der Waals surface area contributed by atoms with Crippen LogP contribution in [0.4, 0.5) is 0 Å². The average molecular weight is 283 g/mol. The van der Waals surface area contributed by atoms with Crippen molar-refractivity contribution < 1.29 is 13.2 Å². The summed E-state index contributed by atoms with van der Waals surface area (Å²) in [5, 5.41) is 0. The van der Waals surface area contributed by atoms with Gasteiger partial charge in [0.05, 0.1) is 17.2 Å². The summed E-state index contributed by atoms with van der Waals surface area (Å²) in [4.78, 5) is 18.0. The van der Waals surface area contributed by atoms with Crippen LogP contribution in [0.5, 0.6) is 0 Å². The zero-order valence-electron chi connectivity index (χ0n) is 10.7. The van der Waals surface area contributed by atoms with Gasteiger partial charge in [0.2, 0.25) is 0 Å². The lowest BCUT2D eigenvalue weighted by molar-refractivity contribution is 0.0712. The number of aromatic nitrogens is 1. The summed E-state index contributed by atoms with van der Waals surface area (Å²) < 4.78 is 23.0. The smallest absolute Gasteiger partial charge is 0.254 e. The highest BCUT2D eigenvalue weighted by Gasteiger charge is 2.31. The third-order valence-corrected chi connectivity index (χ3v) is 5.00. The van der Waals surface area contributed by atoms with Crippen LogP contribution >= 0.6 is 0 Å². The summed E-state index contributed by atoms with van der Waals surface area (Å²) in [5.41, 5.74) is 6.64. The van der Waals surface area contributed by atoms with Gasteiger partial charge in [-0.2, -0.15) is 0 Å². The minimum Gasteiger partial charge on any atom is -0.334 e. The van der Waals surface area contributed by atoms with Gasteiger partial charge in [0.1, 0.15) is 0 Å². The fourth-order valence-corrected chi connectivity index (χ4v) is 3.75. The van der Waals surface area contributed by atoms with Crippen LogP contribution in [0.2, 0.25) is 0 Å². The molecule has 1 saturated heterocycles. The van der Waals surface area contributed by atoms with E-state index in [-0.39, 0.29) is 36.5 Å². The Balaban J connectivity index is 2.20. The van der Waals surface area contributed by atoms with E-state index in [1.54, 1.807) is 30.2 Å². The second-order valence-electron chi connectivity index (χ2n) is 4.70. The van der Waals surface area contributed by atoms with E-state index in [1.165, 1.54) is 0 Å². The molecule has 0 bridgehead atoms. The highest BCUT2D eigenvalue weighted by molar-refractivity contribution is 7.91. The average Bonchev–Trinajstić information content (AvgIpc) is 2.37. The van der Waals surface area contributed by atoms with E-state index in [4.69, 9.17) is 5.73 Å². The van der Waals surface area contributed by atoms with Crippen LogP contribution in [-0.2, 0) is 16.4 Å². The first-order valence-electron chi connectivity index (χ1n) is 6.09. The molecule has 1 aromatic rings. The van der Waals surface area contributed by atoms with Crippen molar-refractivity contribution in [3.63, 3.8) is 0 Å². The standard InChI is InChI=1S/C12H17N3O3S/c1-9-8-19(17,18)5-4-15(9)12(16)10-2-3-14-11(6-10)7-13/h2-3,6,9H,4-5,7-8,13H2,1H3. The lowest BCUT2D eigenvalue weighted by atomic mass is 10.1. The summed E-state index contributed by atoms with van der Waals surface area (Å²) in [5.74, 6) is -0.120. The maximum Gasteiger partial charge on any atom is 0.254 e. The molecular formula is C12H17N3O3S. The first kappa shape index (κ1) is 14.0. The Bertz CT molecular complexity index is 586. The summed E-state index contributed by atoms with van der Waals surface area (Å²) in [6.45, 7) is 2.26. The van der Waals surface area contributed by atoms with Gasteiger partial charge in [-0.05, 0) is 19.1 Å². The van der Waals surface area contributed by atoms with Crippen LogP contribution in [0.1, 0.15) is 23.0 Å². The van der Waals surface area contributed by atoms with Crippen LogP contribution in [-0.4, -0.2) is 48.3 Å². The number of rotatable bonds is 2. The third-order valence-electron chi connectivity index (χ3n) is 3.20. The molecule has 104 valence electrons. The molecule has 0 aromatic carbocycles. The summed E-state index contributed by atoms with van der Waals surface area (Å²) in [6, 6.07) is 2.97. The van der Waals surface area contributed by atoms with Gasteiger partial charge < -0.3 is 10.6 Å². The number of hydrogen-bond acceptors (Lipinski definition) is 5. The number of sulfone groups is 1. The molecule has 1 aliphatic rings. The number of carbonyl (C=O) groups excluding carboxylic acids is 1. The van der Waals surface area contributed by atoms with Gasteiger partial charge in [-0.1, -0.05) is 0 Å². The van der Waals surface area contributed by atoms with Crippen molar-refractivity contribution in [1.29, 1.82) is 0 Å². The van der Waals surface area contributed by atoms with Crippen LogP contribution in [0.3, 0.4) is 0 Å². The van der Waals surface area contributed by atoms with E-state index in [2.05, 4.69) is 4.98 Å². The minimum absolute atomic E-state index is 0.0214. The molecule has 0 radical (unpaired) electrons. The lowest BCUT2D eigenvalue weighted by Gasteiger charge is -2.33. The largest absolute Gasteiger partial charge is 0.334 e. The first-order valence-corrected chi connectivity index (χ1v) is 7.91. The van der Waals surface area contributed by atoms with E-state index >= 15 is 0 Å². The van der Waals surface area contributed by atoms with Crippen molar-refractivity contribution in [2.75, 3.05) is 18.1 Å². The van der Waals surface area contributed by atoms with Gasteiger partial charge in [0, 0.05) is 30.9 Å². The van der Waals surface area contributed by atoms with E-state index in [9.17, 15) is 13.2 Å². The lowest BCUT2D eigenvalue weighted by Crippen LogP contribution is -2.49. The van der Waals surface area contributed by atoms with Crippen molar-refractivity contribution in [2.45, 2.75) is 19.5 Å². The quantitative estimate of drug-likeness (QED) is 0.811. The molecule has 2 N–H and O–H groups in total. The van der Waals surface area contributed by atoms with Crippen molar-refractivity contribution in [3.05, 3.63) is 29.6 Å². The van der Waals surface area contributed by atoms with E-state index in [0.29, 0.717) is 11.3 Å². The van der Waals surface area contributed by atoms with Crippen molar-refractivity contribution in [3.8, 4) is 0 Å². The molecule has 1 amide bonds. The topological polar surface area (TPSA) is 93.4 Å². The monoisotopic (exact) mass is 283 g/mol. The van der Waals surface area contributed by atoms with Crippen LogP contribution in [0.15, 0.2) is 18.3 Å². The van der Waals surface area contributed by atoms with Gasteiger partial charge in [-0.15, -0.1) is 0 Å². The van der Waals surface area contributed by atoms with Crippen molar-refractivity contribution in [2.24, 2.45) is 5.73 Å². The predicted octanol–water partition coefficient (Wildman–Crippen LogP) is -0.201. The molecule has 1 fully saturated rings. The van der Waals surface area contributed by atoms with Gasteiger partial charge >= 0.3 is 0 Å². The number of nitrogens with two attached hydrogens (primary N) is 1. The maximum atomic E-state index is 12.4. The normalized spacial score (nSPS) is 22.2. The molecule has 0 saturated carbocycles. The summed E-state index contributed by atoms with van der Waals surface area (Å²) in [6.07, 6.45) is 1.54. The Kier molecular flexibility index (Phi) is 3.86. The number of carbonyl (C=O) groups is 1. The molecule has 6 nitrogen and oxygen atoms in total. The minimum atomic E-state index is -3.02. The maximum absolute atomic E-state index is 12.4. The van der Waals surface area contributed by atoms with Crippen molar-refractivity contribution in [1.82, 2.24) is 9.88 Å². The first-order chi connectivity index (χ1) is 8.93. The van der Waals surface area contributed by atoms with Crippen molar-refractivity contribution >= 4 is 15.7 Å². The van der Waals surface area contributed by atoms with E-state index < -0.39 is 9.84 Å². The Morgan fingerprint density at radius 1 is 1.58 bits per heavy atom. The van der Waals surface area contributed by atoms with Gasteiger partial charge in [0.25, 0.3) is 5.91 Å². The molecule has 2 heterocycles. The van der Waals surface area contributed by atoms with Gasteiger partial charge in [0.15, 0.2) is 9.84 Å². The Morgan fingerprint density at radius 2 is 2.32 bits per heavy atom. The molecule has 0 aliphatic carbocycles. The second kappa shape index (κ2) is 5.26. The summed E-state index contributed by atoms with van der Waals surface area (Å²) >= 11 is 0. The second-order valence-corrected chi connectivity index (χ2v) is 6.93. The van der Waals surface area contributed by atoms with Crippen LogP contribution < -0.4 is 5.73 Å². The third kappa shape index (κ3) is 3.10. The molecule has 1 aromatic heterocycles. The van der Waals surface area contributed by atoms with Gasteiger partial charge in [-0.3, -0.25) is 9.78 Å². The van der Waals surface area contributed by atoms with Crippen LogP contribution in [0.25, 0.3) is 0 Å². The highest BCUT2D eigenvalue weighted by atomic mass is 32.2. The fourth-order valence-electron chi connectivity index (χ4n) is 2.19. The zero-order chi connectivity index (χ0) is 14.0. The Labute approximate surface area is 112 Å². The molecular weight excluding hydrogens is 266 g/mol. The molecule has 1 aliphatic heterocycles. The summed E-state index contributed by atoms with van der Waals surface area (Å²) in [7, 11) is -3.02. The number of amides is 1. The Morgan fingerprint density at radius 3 is 2.95 bits per heavy atom.